The van der Waals surface area contributed by atoms with E-state index in [2.05, 4.69) is 25.1 Å². The van der Waals surface area contributed by atoms with Gasteiger partial charge in [-0.15, -0.1) is 12.4 Å². The number of benzene rings is 1. The highest BCUT2D eigenvalue weighted by Crippen LogP contribution is 2.35. The van der Waals surface area contributed by atoms with E-state index in [1.54, 1.807) is 27.8 Å². The highest BCUT2D eigenvalue weighted by Gasteiger charge is 2.23. The predicted molar refractivity (Wildman–Crippen MR) is 80.0 cm³/mol. The fraction of sp³-hybridized carbons (Fsp3) is 0.625. The molecule has 0 N–H and O–H groups in total. The van der Waals surface area contributed by atoms with Crippen LogP contribution in [0.15, 0.2) is 6.07 Å². The molecule has 0 aromatic heterocycles. The van der Waals surface area contributed by atoms with E-state index in [1.807, 2.05) is 0 Å². The lowest BCUT2D eigenvalue weighted by Gasteiger charge is -2.17. The van der Waals surface area contributed by atoms with Gasteiger partial charge < -0.3 is 4.90 Å². The summed E-state index contributed by atoms with van der Waals surface area (Å²) in [5, 5.41) is 0. The van der Waals surface area contributed by atoms with Crippen LogP contribution in [0.3, 0.4) is 0 Å². The highest BCUT2D eigenvalue weighted by molar-refractivity contribution is 5.85. The summed E-state index contributed by atoms with van der Waals surface area (Å²) in [6.07, 6.45) is 9.37. The van der Waals surface area contributed by atoms with Crippen LogP contribution in [-0.2, 0) is 32.1 Å². The zero-order chi connectivity index (χ0) is 11.8. The van der Waals surface area contributed by atoms with Gasteiger partial charge in [0.15, 0.2) is 0 Å². The maximum Gasteiger partial charge on any atom is 0.00159 e. The minimum Gasteiger partial charge on any atom is -0.309 e. The van der Waals surface area contributed by atoms with E-state index in [-0.39, 0.29) is 12.4 Å². The SMILES string of the molecule is CN(C)CCc1c2c(cc3c1CCC3)CCC2.Cl. The molecule has 0 saturated carbocycles. The van der Waals surface area contributed by atoms with Crippen molar-refractivity contribution in [2.75, 3.05) is 20.6 Å². The summed E-state index contributed by atoms with van der Waals surface area (Å²) in [4.78, 5) is 2.32. The number of hydrogen-bond donors (Lipinski definition) is 0. The Labute approximate surface area is 117 Å². The molecule has 0 bridgehead atoms. The molecule has 2 heteroatoms. The molecule has 0 fully saturated rings. The molecular formula is C16H24ClN. The average Bonchev–Trinajstić information content (AvgIpc) is 2.90. The minimum absolute atomic E-state index is 0. The van der Waals surface area contributed by atoms with E-state index in [0.717, 1.165) is 0 Å². The predicted octanol–water partition coefficient (Wildman–Crippen LogP) is 3.19. The molecule has 0 spiro atoms. The molecule has 18 heavy (non-hydrogen) atoms. The van der Waals surface area contributed by atoms with Crippen LogP contribution in [0.5, 0.6) is 0 Å². The van der Waals surface area contributed by atoms with Gasteiger partial charge in [0.1, 0.15) is 0 Å². The maximum atomic E-state index is 2.53. The van der Waals surface area contributed by atoms with E-state index in [9.17, 15) is 0 Å². The third kappa shape index (κ3) is 2.44. The molecule has 0 amide bonds. The molecule has 2 aliphatic carbocycles. The molecule has 2 aliphatic rings. The first kappa shape index (κ1) is 13.9. The fourth-order valence-electron chi connectivity index (χ4n) is 3.57. The highest BCUT2D eigenvalue weighted by atomic mass is 35.5. The van der Waals surface area contributed by atoms with Gasteiger partial charge in [-0.3, -0.25) is 0 Å². The van der Waals surface area contributed by atoms with E-state index in [0.29, 0.717) is 0 Å². The molecule has 0 radical (unpaired) electrons. The molecule has 0 saturated heterocycles. The topological polar surface area (TPSA) is 3.24 Å². The summed E-state index contributed by atoms with van der Waals surface area (Å²) in [6.45, 7) is 1.20. The van der Waals surface area contributed by atoms with E-state index in [1.165, 1.54) is 51.5 Å². The Hall–Kier alpha value is -0.530. The normalized spacial score (nSPS) is 16.6. The van der Waals surface area contributed by atoms with Crippen LogP contribution in [-0.4, -0.2) is 25.5 Å². The molecule has 0 unspecified atom stereocenters. The van der Waals surface area contributed by atoms with Crippen LogP contribution < -0.4 is 0 Å². The first-order valence-corrected chi connectivity index (χ1v) is 7.06. The summed E-state index contributed by atoms with van der Waals surface area (Å²) in [5.41, 5.74) is 8.56. The van der Waals surface area contributed by atoms with E-state index in [4.69, 9.17) is 0 Å². The second-order valence-corrected chi connectivity index (χ2v) is 5.89. The number of nitrogens with zero attached hydrogens (tertiary/aromatic N) is 1. The van der Waals surface area contributed by atoms with Crippen LogP contribution in [0.25, 0.3) is 0 Å². The third-order valence-corrected chi connectivity index (χ3v) is 4.41. The summed E-state index contributed by atoms with van der Waals surface area (Å²) in [5.74, 6) is 0. The molecule has 0 aliphatic heterocycles. The van der Waals surface area contributed by atoms with Gasteiger partial charge >= 0.3 is 0 Å². The Morgan fingerprint density at radius 2 is 1.50 bits per heavy atom. The van der Waals surface area contributed by atoms with Crippen molar-refractivity contribution in [3.8, 4) is 0 Å². The van der Waals surface area contributed by atoms with Crippen LogP contribution in [0.2, 0.25) is 0 Å². The van der Waals surface area contributed by atoms with Gasteiger partial charge in [-0.1, -0.05) is 6.07 Å². The lowest BCUT2D eigenvalue weighted by atomic mass is 9.92. The standard InChI is InChI=1S/C16H23N.ClH/c1-17(2)10-9-16-14-7-3-5-12(14)11-13-6-4-8-15(13)16;/h11H,3-10H2,1-2H3;1H. The van der Waals surface area contributed by atoms with Crippen LogP contribution in [0, 0.1) is 0 Å². The van der Waals surface area contributed by atoms with Crippen molar-refractivity contribution in [3.63, 3.8) is 0 Å². The van der Waals surface area contributed by atoms with Crippen LogP contribution in [0.4, 0.5) is 0 Å². The minimum atomic E-state index is 0. The largest absolute Gasteiger partial charge is 0.309 e. The van der Waals surface area contributed by atoms with Crippen LogP contribution in [0.1, 0.15) is 40.7 Å². The number of hydrogen-bond acceptors (Lipinski definition) is 1. The van der Waals surface area contributed by atoms with Gasteiger partial charge in [-0.05, 0) is 86.9 Å². The Morgan fingerprint density at radius 3 is 2.00 bits per heavy atom. The third-order valence-electron chi connectivity index (χ3n) is 4.41. The van der Waals surface area contributed by atoms with Crippen molar-refractivity contribution in [3.05, 3.63) is 33.9 Å². The Bertz CT molecular complexity index is 405. The molecule has 1 nitrogen and oxygen atoms in total. The number of rotatable bonds is 3. The lowest BCUT2D eigenvalue weighted by molar-refractivity contribution is 0.412. The van der Waals surface area contributed by atoms with Crippen molar-refractivity contribution in [2.45, 2.75) is 44.9 Å². The zero-order valence-corrected chi connectivity index (χ0v) is 12.4. The smallest absolute Gasteiger partial charge is 0.00159 e. The van der Waals surface area contributed by atoms with Gasteiger partial charge in [0.2, 0.25) is 0 Å². The number of halogens is 1. The fourth-order valence-corrected chi connectivity index (χ4v) is 3.57. The first-order valence-electron chi connectivity index (χ1n) is 7.06. The molecule has 3 rings (SSSR count). The Morgan fingerprint density at radius 1 is 0.944 bits per heavy atom. The summed E-state index contributed by atoms with van der Waals surface area (Å²) in [7, 11) is 4.37. The molecule has 100 valence electrons. The van der Waals surface area contributed by atoms with Crippen molar-refractivity contribution < 1.29 is 0 Å². The van der Waals surface area contributed by atoms with Crippen molar-refractivity contribution in [2.24, 2.45) is 0 Å². The number of fused-ring (bicyclic) bond motifs is 2. The summed E-state index contributed by atoms with van der Waals surface area (Å²) < 4.78 is 0. The van der Waals surface area contributed by atoms with Crippen LogP contribution >= 0.6 is 12.4 Å². The number of likely N-dealkylation sites (N-methyl/N-ethyl adjacent to an activating group) is 1. The van der Waals surface area contributed by atoms with E-state index < -0.39 is 0 Å². The monoisotopic (exact) mass is 265 g/mol. The van der Waals surface area contributed by atoms with Crippen molar-refractivity contribution in [1.82, 2.24) is 4.90 Å². The molecule has 0 heterocycles. The van der Waals surface area contributed by atoms with Gasteiger partial charge in [0.25, 0.3) is 0 Å². The molecule has 1 aromatic rings. The second kappa shape index (κ2) is 5.63. The van der Waals surface area contributed by atoms with Crippen molar-refractivity contribution >= 4 is 12.4 Å². The molecule has 0 atom stereocenters. The summed E-state index contributed by atoms with van der Waals surface area (Å²) in [6, 6.07) is 2.53. The molecular weight excluding hydrogens is 242 g/mol. The zero-order valence-electron chi connectivity index (χ0n) is 11.6. The van der Waals surface area contributed by atoms with Gasteiger partial charge in [-0.2, -0.15) is 0 Å². The van der Waals surface area contributed by atoms with E-state index >= 15 is 0 Å². The van der Waals surface area contributed by atoms with Gasteiger partial charge in [-0.25, -0.2) is 0 Å². The Kier molecular flexibility index (Phi) is 4.34. The quantitative estimate of drug-likeness (QED) is 0.811. The average molecular weight is 266 g/mol. The van der Waals surface area contributed by atoms with Crippen molar-refractivity contribution in [1.29, 1.82) is 0 Å². The molecule has 1 aromatic carbocycles. The Balaban J connectivity index is 0.00000120. The van der Waals surface area contributed by atoms with Gasteiger partial charge in [0, 0.05) is 6.54 Å². The summed E-state index contributed by atoms with van der Waals surface area (Å²) >= 11 is 0. The second-order valence-electron chi connectivity index (χ2n) is 5.89. The maximum absolute atomic E-state index is 2.53. The number of aryl methyl sites for hydroxylation is 2. The lowest BCUT2D eigenvalue weighted by Crippen LogP contribution is -2.17. The first-order chi connectivity index (χ1) is 8.25. The van der Waals surface area contributed by atoms with Gasteiger partial charge in [0.05, 0.1) is 0 Å².